The van der Waals surface area contributed by atoms with Crippen LogP contribution in [0.3, 0.4) is 0 Å². The largest absolute Gasteiger partial charge is 0.300 e. The molecule has 0 aliphatic heterocycles. The van der Waals surface area contributed by atoms with Crippen LogP contribution in [0.4, 0.5) is 0 Å². The predicted octanol–water partition coefficient (Wildman–Crippen LogP) is 1.51. The van der Waals surface area contributed by atoms with Gasteiger partial charge in [-0.3, -0.25) is 14.4 Å². The topological polar surface area (TPSA) is 51.2 Å². The second-order valence-corrected chi connectivity index (χ2v) is 4.35. The number of ketones is 3. The Labute approximate surface area is 87.8 Å². The lowest BCUT2D eigenvalue weighted by molar-refractivity contribution is -0.135. The molecule has 78 valence electrons. The highest BCUT2D eigenvalue weighted by Gasteiger charge is 2.32. The lowest BCUT2D eigenvalue weighted by Crippen LogP contribution is -2.32. The van der Waals surface area contributed by atoms with E-state index in [-0.39, 0.29) is 29.1 Å². The van der Waals surface area contributed by atoms with Crippen LogP contribution < -0.4 is 0 Å². The molecule has 0 aromatic rings. The molecule has 0 bridgehead atoms. The van der Waals surface area contributed by atoms with Gasteiger partial charge >= 0.3 is 0 Å². The molecule has 1 aliphatic rings. The van der Waals surface area contributed by atoms with Crippen molar-refractivity contribution in [3.63, 3.8) is 0 Å². The van der Waals surface area contributed by atoms with Crippen LogP contribution in [0, 0.1) is 5.92 Å². The first-order valence-electron chi connectivity index (χ1n) is 4.69. The van der Waals surface area contributed by atoms with Crippen LogP contribution in [0.15, 0.2) is 0 Å². The van der Waals surface area contributed by atoms with Gasteiger partial charge in [0.2, 0.25) is 0 Å². The van der Waals surface area contributed by atoms with Gasteiger partial charge in [0.1, 0.15) is 11.6 Å². The Balaban J connectivity index is 2.60. The van der Waals surface area contributed by atoms with Crippen LogP contribution in [0.1, 0.15) is 32.6 Å². The maximum atomic E-state index is 11.5. The summed E-state index contributed by atoms with van der Waals surface area (Å²) in [7, 11) is 0. The van der Waals surface area contributed by atoms with Crippen molar-refractivity contribution >= 4 is 29.0 Å². The molecule has 4 heteroatoms. The maximum Gasteiger partial charge on any atom is 0.150 e. The molecular formula is C10H13ClO3. The molecule has 0 amide bonds. The van der Waals surface area contributed by atoms with Gasteiger partial charge in [0.25, 0.3) is 0 Å². The SMILES string of the molecule is CC(=O)CC(=O)C1CC(Cl)CCC1=O. The monoisotopic (exact) mass is 216 g/mol. The third kappa shape index (κ3) is 2.91. The van der Waals surface area contributed by atoms with Gasteiger partial charge in [-0.25, -0.2) is 0 Å². The van der Waals surface area contributed by atoms with E-state index in [2.05, 4.69) is 0 Å². The highest BCUT2D eigenvalue weighted by atomic mass is 35.5. The fourth-order valence-electron chi connectivity index (χ4n) is 1.66. The second kappa shape index (κ2) is 4.69. The summed E-state index contributed by atoms with van der Waals surface area (Å²) in [6.45, 7) is 1.35. The van der Waals surface area contributed by atoms with Gasteiger partial charge in [0.05, 0.1) is 12.3 Å². The zero-order chi connectivity index (χ0) is 10.7. The molecule has 0 aromatic heterocycles. The molecule has 0 radical (unpaired) electrons. The van der Waals surface area contributed by atoms with E-state index in [1.54, 1.807) is 0 Å². The number of hydrogen-bond acceptors (Lipinski definition) is 3. The summed E-state index contributed by atoms with van der Waals surface area (Å²) in [5.74, 6) is -1.16. The summed E-state index contributed by atoms with van der Waals surface area (Å²) in [6.07, 6.45) is 1.26. The number of carbonyl (C=O) groups is 3. The molecule has 2 atom stereocenters. The van der Waals surface area contributed by atoms with Crippen molar-refractivity contribution < 1.29 is 14.4 Å². The van der Waals surface area contributed by atoms with Crippen molar-refractivity contribution in [2.45, 2.75) is 38.0 Å². The molecule has 2 unspecified atom stereocenters. The van der Waals surface area contributed by atoms with Crippen molar-refractivity contribution in [1.29, 1.82) is 0 Å². The van der Waals surface area contributed by atoms with Crippen molar-refractivity contribution in [3.05, 3.63) is 0 Å². The van der Waals surface area contributed by atoms with Gasteiger partial charge in [-0.15, -0.1) is 11.6 Å². The lowest BCUT2D eigenvalue weighted by atomic mass is 9.83. The molecule has 3 nitrogen and oxygen atoms in total. The van der Waals surface area contributed by atoms with Crippen LogP contribution in [-0.2, 0) is 14.4 Å². The number of Topliss-reactive ketones (excluding diaryl/α,β-unsaturated/α-hetero) is 3. The van der Waals surface area contributed by atoms with Crippen LogP contribution in [0.2, 0.25) is 0 Å². The number of rotatable bonds is 3. The van der Waals surface area contributed by atoms with Crippen LogP contribution in [-0.4, -0.2) is 22.7 Å². The van der Waals surface area contributed by atoms with E-state index in [9.17, 15) is 14.4 Å². The highest BCUT2D eigenvalue weighted by molar-refractivity contribution is 6.22. The van der Waals surface area contributed by atoms with Crippen LogP contribution in [0.5, 0.6) is 0 Å². The van der Waals surface area contributed by atoms with Crippen molar-refractivity contribution in [2.75, 3.05) is 0 Å². The van der Waals surface area contributed by atoms with E-state index in [1.165, 1.54) is 6.92 Å². The first-order valence-corrected chi connectivity index (χ1v) is 5.13. The average molecular weight is 217 g/mol. The Morgan fingerprint density at radius 2 is 2.14 bits per heavy atom. The van der Waals surface area contributed by atoms with E-state index in [1.807, 2.05) is 0 Å². The van der Waals surface area contributed by atoms with Gasteiger partial charge in [-0.2, -0.15) is 0 Å². The van der Waals surface area contributed by atoms with E-state index in [0.717, 1.165) is 0 Å². The Bertz CT molecular complexity index is 273. The average Bonchev–Trinajstić information content (AvgIpc) is 2.08. The van der Waals surface area contributed by atoms with E-state index >= 15 is 0 Å². The Morgan fingerprint density at radius 3 is 2.71 bits per heavy atom. The van der Waals surface area contributed by atoms with E-state index < -0.39 is 5.92 Å². The standard InChI is InChI=1S/C10H13ClO3/c1-6(12)4-10(14)8-5-7(11)2-3-9(8)13/h7-8H,2-5H2,1H3. The molecule has 1 saturated carbocycles. The van der Waals surface area contributed by atoms with Crippen molar-refractivity contribution in [2.24, 2.45) is 5.92 Å². The van der Waals surface area contributed by atoms with Gasteiger partial charge in [-0.05, 0) is 19.8 Å². The van der Waals surface area contributed by atoms with Crippen molar-refractivity contribution in [1.82, 2.24) is 0 Å². The molecule has 1 aliphatic carbocycles. The molecule has 1 fully saturated rings. The zero-order valence-electron chi connectivity index (χ0n) is 8.09. The summed E-state index contributed by atoms with van der Waals surface area (Å²) in [4.78, 5) is 33.6. The van der Waals surface area contributed by atoms with Crippen LogP contribution in [0.25, 0.3) is 0 Å². The summed E-state index contributed by atoms with van der Waals surface area (Å²) in [6, 6.07) is 0. The molecule has 0 heterocycles. The highest BCUT2D eigenvalue weighted by Crippen LogP contribution is 2.26. The summed E-state index contributed by atoms with van der Waals surface area (Å²) in [5, 5.41) is -0.103. The van der Waals surface area contributed by atoms with Gasteiger partial charge in [0, 0.05) is 11.8 Å². The lowest BCUT2D eigenvalue weighted by Gasteiger charge is -2.22. The fourth-order valence-corrected chi connectivity index (χ4v) is 1.95. The number of alkyl halides is 1. The second-order valence-electron chi connectivity index (χ2n) is 3.74. The van der Waals surface area contributed by atoms with Crippen LogP contribution >= 0.6 is 11.6 Å². The minimum atomic E-state index is -0.629. The first kappa shape index (κ1) is 11.4. The summed E-state index contributed by atoms with van der Waals surface area (Å²) in [5.41, 5.74) is 0. The summed E-state index contributed by atoms with van der Waals surface area (Å²) < 4.78 is 0. The molecular weight excluding hydrogens is 204 g/mol. The molecule has 1 rings (SSSR count). The minimum absolute atomic E-state index is 0.0619. The third-order valence-corrected chi connectivity index (χ3v) is 2.79. The Kier molecular flexibility index (Phi) is 3.81. The zero-order valence-corrected chi connectivity index (χ0v) is 8.84. The van der Waals surface area contributed by atoms with Gasteiger partial charge in [-0.1, -0.05) is 0 Å². The molecule has 0 saturated heterocycles. The third-order valence-electron chi connectivity index (χ3n) is 2.40. The Hall–Kier alpha value is -0.700. The number of carbonyl (C=O) groups excluding carboxylic acids is 3. The number of halogens is 1. The minimum Gasteiger partial charge on any atom is -0.300 e. The smallest absolute Gasteiger partial charge is 0.150 e. The molecule has 0 spiro atoms. The summed E-state index contributed by atoms with van der Waals surface area (Å²) >= 11 is 5.87. The first-order chi connectivity index (χ1) is 6.50. The quantitative estimate of drug-likeness (QED) is 0.531. The molecule has 0 aromatic carbocycles. The van der Waals surface area contributed by atoms with Crippen molar-refractivity contribution in [3.8, 4) is 0 Å². The number of hydrogen-bond donors (Lipinski definition) is 0. The fraction of sp³-hybridized carbons (Fsp3) is 0.700. The normalized spacial score (nSPS) is 27.4. The maximum absolute atomic E-state index is 11.5. The molecule has 14 heavy (non-hydrogen) atoms. The van der Waals surface area contributed by atoms with E-state index in [0.29, 0.717) is 19.3 Å². The predicted molar refractivity (Wildman–Crippen MR) is 52.3 cm³/mol. The van der Waals surface area contributed by atoms with E-state index in [4.69, 9.17) is 11.6 Å². The van der Waals surface area contributed by atoms with Gasteiger partial charge < -0.3 is 0 Å². The Morgan fingerprint density at radius 1 is 1.50 bits per heavy atom. The van der Waals surface area contributed by atoms with Gasteiger partial charge in [0.15, 0.2) is 5.78 Å². The molecule has 0 N–H and O–H groups in total.